The van der Waals surface area contributed by atoms with Crippen molar-refractivity contribution in [3.05, 3.63) is 0 Å². The molecule has 6 nitrogen and oxygen atoms in total. The van der Waals surface area contributed by atoms with E-state index < -0.39 is 16.0 Å². The summed E-state index contributed by atoms with van der Waals surface area (Å²) in [6, 6.07) is 0. The Morgan fingerprint density at radius 2 is 1.94 bits per heavy atom. The second-order valence-corrected chi connectivity index (χ2v) is 6.84. The molecular weight excluding hydrogens is 244 g/mol. The molecule has 0 amide bonds. The first kappa shape index (κ1) is 16.3. The zero-order valence-electron chi connectivity index (χ0n) is 10.6. The smallest absolute Gasteiger partial charge is 0.304 e. The minimum Gasteiger partial charge on any atom is -0.481 e. The molecule has 0 radical (unpaired) electrons. The highest BCUT2D eigenvalue weighted by atomic mass is 32.2. The van der Waals surface area contributed by atoms with Crippen molar-refractivity contribution in [3.8, 4) is 0 Å². The summed E-state index contributed by atoms with van der Waals surface area (Å²) in [5, 5.41) is 8.51. The summed E-state index contributed by atoms with van der Waals surface area (Å²) < 4.78 is 25.1. The fraction of sp³-hybridized carbons (Fsp3) is 0.900. The van der Waals surface area contributed by atoms with Crippen molar-refractivity contribution in [2.24, 2.45) is 11.1 Å². The Morgan fingerprint density at radius 1 is 1.41 bits per heavy atom. The molecule has 0 aliphatic rings. The molecule has 0 rings (SSSR count). The second kappa shape index (κ2) is 6.32. The Morgan fingerprint density at radius 3 is 2.29 bits per heavy atom. The lowest BCUT2D eigenvalue weighted by Gasteiger charge is -2.30. The molecule has 0 aliphatic carbocycles. The van der Waals surface area contributed by atoms with Crippen LogP contribution in [0.1, 0.15) is 27.2 Å². The van der Waals surface area contributed by atoms with E-state index in [1.54, 1.807) is 6.92 Å². The van der Waals surface area contributed by atoms with Crippen LogP contribution in [-0.2, 0) is 14.8 Å². The molecule has 0 aliphatic heterocycles. The number of nitrogens with two attached hydrogens (primary N) is 1. The van der Waals surface area contributed by atoms with Gasteiger partial charge in [-0.3, -0.25) is 4.79 Å². The highest BCUT2D eigenvalue weighted by Gasteiger charge is 2.27. The van der Waals surface area contributed by atoms with Crippen molar-refractivity contribution in [3.63, 3.8) is 0 Å². The van der Waals surface area contributed by atoms with Crippen LogP contribution in [0.15, 0.2) is 0 Å². The highest BCUT2D eigenvalue weighted by Crippen LogP contribution is 2.17. The summed E-state index contributed by atoms with van der Waals surface area (Å²) in [6.07, 6.45) is -0.373. The molecular formula is C10H22N2O4S. The zero-order valence-corrected chi connectivity index (χ0v) is 11.5. The van der Waals surface area contributed by atoms with Crippen molar-refractivity contribution >= 4 is 16.0 Å². The van der Waals surface area contributed by atoms with E-state index in [0.717, 1.165) is 0 Å². The molecule has 0 fully saturated rings. The van der Waals surface area contributed by atoms with E-state index in [4.69, 9.17) is 10.8 Å². The van der Waals surface area contributed by atoms with Crippen LogP contribution >= 0.6 is 0 Å². The first-order chi connectivity index (χ1) is 7.64. The lowest BCUT2D eigenvalue weighted by molar-refractivity contribution is -0.136. The van der Waals surface area contributed by atoms with Crippen molar-refractivity contribution in [1.29, 1.82) is 0 Å². The fourth-order valence-electron chi connectivity index (χ4n) is 1.29. The second-order valence-electron chi connectivity index (χ2n) is 4.75. The van der Waals surface area contributed by atoms with Gasteiger partial charge in [-0.1, -0.05) is 20.8 Å². The SMILES string of the molecule is CCN(CC(C)(C)CN)S(=O)(=O)CCC(=O)O. The van der Waals surface area contributed by atoms with E-state index in [2.05, 4.69) is 0 Å². The van der Waals surface area contributed by atoms with Crippen LogP contribution in [0.25, 0.3) is 0 Å². The van der Waals surface area contributed by atoms with E-state index >= 15 is 0 Å². The quantitative estimate of drug-likeness (QED) is 0.649. The monoisotopic (exact) mass is 266 g/mol. The van der Waals surface area contributed by atoms with Crippen molar-refractivity contribution in [2.75, 3.05) is 25.4 Å². The maximum absolute atomic E-state index is 11.9. The van der Waals surface area contributed by atoms with Gasteiger partial charge in [-0.15, -0.1) is 0 Å². The summed E-state index contributed by atoms with van der Waals surface area (Å²) in [4.78, 5) is 10.4. The molecule has 0 saturated carbocycles. The first-order valence-corrected chi connectivity index (χ1v) is 7.15. The van der Waals surface area contributed by atoms with Crippen molar-refractivity contribution < 1.29 is 18.3 Å². The molecule has 0 spiro atoms. The molecule has 0 heterocycles. The van der Waals surface area contributed by atoms with Crippen LogP contribution in [0.4, 0.5) is 0 Å². The Hall–Kier alpha value is -0.660. The largest absolute Gasteiger partial charge is 0.481 e. The lowest BCUT2D eigenvalue weighted by atomic mass is 9.94. The van der Waals surface area contributed by atoms with Gasteiger partial charge >= 0.3 is 5.97 Å². The lowest BCUT2D eigenvalue weighted by Crippen LogP contribution is -2.43. The average molecular weight is 266 g/mol. The maximum atomic E-state index is 11.9. The van der Waals surface area contributed by atoms with Crippen molar-refractivity contribution in [1.82, 2.24) is 4.31 Å². The Kier molecular flexibility index (Phi) is 6.08. The number of carboxylic acids is 1. The van der Waals surface area contributed by atoms with Gasteiger partial charge in [0.1, 0.15) is 0 Å². The van der Waals surface area contributed by atoms with Gasteiger partial charge in [0, 0.05) is 13.1 Å². The molecule has 0 aromatic carbocycles. The van der Waals surface area contributed by atoms with Crippen LogP contribution in [0, 0.1) is 5.41 Å². The van der Waals surface area contributed by atoms with Gasteiger partial charge in [0.25, 0.3) is 0 Å². The third-order valence-electron chi connectivity index (χ3n) is 2.48. The maximum Gasteiger partial charge on any atom is 0.304 e. The molecule has 17 heavy (non-hydrogen) atoms. The van der Waals surface area contributed by atoms with Gasteiger partial charge in [-0.2, -0.15) is 0 Å². The van der Waals surface area contributed by atoms with E-state index in [0.29, 0.717) is 19.6 Å². The van der Waals surface area contributed by atoms with E-state index in [1.165, 1.54) is 4.31 Å². The molecule has 7 heteroatoms. The Labute approximate surface area is 103 Å². The van der Waals surface area contributed by atoms with Gasteiger partial charge in [0.15, 0.2) is 0 Å². The summed E-state index contributed by atoms with van der Waals surface area (Å²) in [6.45, 7) is 6.49. The standard InChI is InChI=1S/C10H22N2O4S/c1-4-12(8-10(2,3)7-11)17(15,16)6-5-9(13)14/h4-8,11H2,1-3H3,(H,13,14). The Bertz CT molecular complexity index is 351. The summed E-state index contributed by atoms with van der Waals surface area (Å²) in [5.41, 5.74) is 5.25. The zero-order chi connectivity index (χ0) is 13.7. The average Bonchev–Trinajstić information content (AvgIpc) is 2.23. The van der Waals surface area contributed by atoms with Crippen LogP contribution < -0.4 is 5.73 Å². The van der Waals surface area contributed by atoms with Crippen LogP contribution in [-0.4, -0.2) is 49.2 Å². The normalized spacial score (nSPS) is 13.0. The number of hydrogen-bond donors (Lipinski definition) is 2. The number of sulfonamides is 1. The predicted octanol–water partition coefficient (Wildman–Crippen LogP) is 0.0977. The number of carboxylic acid groups (broad SMARTS) is 1. The summed E-state index contributed by atoms with van der Waals surface area (Å²) >= 11 is 0. The number of hydrogen-bond acceptors (Lipinski definition) is 4. The molecule has 102 valence electrons. The highest BCUT2D eigenvalue weighted by molar-refractivity contribution is 7.89. The van der Waals surface area contributed by atoms with Crippen LogP contribution in [0.2, 0.25) is 0 Å². The van der Waals surface area contributed by atoms with Gasteiger partial charge < -0.3 is 10.8 Å². The molecule has 0 aromatic heterocycles. The first-order valence-electron chi connectivity index (χ1n) is 5.54. The molecule has 0 unspecified atom stereocenters. The molecule has 3 N–H and O–H groups in total. The van der Waals surface area contributed by atoms with E-state index in [-0.39, 0.29) is 17.6 Å². The summed E-state index contributed by atoms with van der Waals surface area (Å²) in [7, 11) is -3.51. The number of carbonyl (C=O) groups is 1. The Balaban J connectivity index is 4.70. The van der Waals surface area contributed by atoms with Gasteiger partial charge in [-0.05, 0) is 12.0 Å². The summed E-state index contributed by atoms with van der Waals surface area (Å²) in [5.74, 6) is -1.47. The number of nitrogens with zero attached hydrogens (tertiary/aromatic N) is 1. The predicted molar refractivity (Wildman–Crippen MR) is 66.1 cm³/mol. The molecule has 0 saturated heterocycles. The fourth-order valence-corrected chi connectivity index (χ4v) is 2.92. The number of aliphatic carboxylic acids is 1. The van der Waals surface area contributed by atoms with E-state index in [9.17, 15) is 13.2 Å². The minimum absolute atomic E-state index is 0.307. The van der Waals surface area contributed by atoms with Crippen LogP contribution in [0.3, 0.4) is 0 Å². The van der Waals surface area contributed by atoms with Gasteiger partial charge in [-0.25, -0.2) is 12.7 Å². The molecule has 0 aromatic rings. The van der Waals surface area contributed by atoms with Crippen molar-refractivity contribution in [2.45, 2.75) is 27.2 Å². The topological polar surface area (TPSA) is 101 Å². The third kappa shape index (κ3) is 5.99. The third-order valence-corrected chi connectivity index (χ3v) is 4.37. The minimum atomic E-state index is -3.51. The molecule has 0 bridgehead atoms. The van der Waals surface area contributed by atoms with E-state index in [1.807, 2.05) is 13.8 Å². The van der Waals surface area contributed by atoms with Crippen LogP contribution in [0.5, 0.6) is 0 Å². The van der Waals surface area contributed by atoms with Gasteiger partial charge in [0.05, 0.1) is 12.2 Å². The number of rotatable bonds is 8. The molecule has 0 atom stereocenters. The van der Waals surface area contributed by atoms with Gasteiger partial charge in [0.2, 0.25) is 10.0 Å².